The van der Waals surface area contributed by atoms with E-state index in [9.17, 15) is 9.59 Å². The molecule has 0 radical (unpaired) electrons. The van der Waals surface area contributed by atoms with Crippen LogP contribution in [0.3, 0.4) is 0 Å². The largest absolute Gasteiger partial charge is 0.453 e. The lowest BCUT2D eigenvalue weighted by molar-refractivity contribution is -0.183. The van der Waals surface area contributed by atoms with Crippen molar-refractivity contribution in [2.75, 3.05) is 0 Å². The SMILES string of the molecule is O=C[C@@H]1OC(=O)[C@H]1Cc1ccccc1. The minimum atomic E-state index is -0.539. The highest BCUT2D eigenvalue weighted by atomic mass is 16.6. The van der Waals surface area contributed by atoms with Gasteiger partial charge in [0.05, 0.1) is 0 Å². The van der Waals surface area contributed by atoms with Gasteiger partial charge in [-0.05, 0) is 12.0 Å². The first-order valence-electron chi connectivity index (χ1n) is 4.51. The lowest BCUT2D eigenvalue weighted by Crippen LogP contribution is -2.47. The molecule has 3 nitrogen and oxygen atoms in total. The van der Waals surface area contributed by atoms with Gasteiger partial charge in [-0.2, -0.15) is 0 Å². The van der Waals surface area contributed by atoms with Gasteiger partial charge in [0.25, 0.3) is 0 Å². The monoisotopic (exact) mass is 190 g/mol. The molecule has 14 heavy (non-hydrogen) atoms. The van der Waals surface area contributed by atoms with Gasteiger partial charge in [-0.1, -0.05) is 30.3 Å². The predicted molar refractivity (Wildman–Crippen MR) is 49.6 cm³/mol. The van der Waals surface area contributed by atoms with Crippen molar-refractivity contribution in [2.45, 2.75) is 12.5 Å². The molecule has 1 aliphatic heterocycles. The fourth-order valence-corrected chi connectivity index (χ4v) is 1.56. The topological polar surface area (TPSA) is 43.4 Å². The van der Waals surface area contributed by atoms with Gasteiger partial charge in [0, 0.05) is 0 Å². The number of hydrogen-bond acceptors (Lipinski definition) is 3. The summed E-state index contributed by atoms with van der Waals surface area (Å²) in [7, 11) is 0. The van der Waals surface area contributed by atoms with E-state index in [0.717, 1.165) is 5.56 Å². The Kier molecular flexibility index (Phi) is 2.31. The molecule has 2 atom stereocenters. The van der Waals surface area contributed by atoms with Crippen LogP contribution in [0.25, 0.3) is 0 Å². The molecule has 0 saturated carbocycles. The highest BCUT2D eigenvalue weighted by molar-refractivity contribution is 5.86. The standard InChI is InChI=1S/C11H10O3/c12-7-10-9(11(13)14-10)6-8-4-2-1-3-5-8/h1-5,7,9-10H,6H2/t9-,10-/m0/s1. The molecule has 1 aromatic carbocycles. The molecular weight excluding hydrogens is 180 g/mol. The van der Waals surface area contributed by atoms with Crippen LogP contribution in [-0.4, -0.2) is 18.4 Å². The smallest absolute Gasteiger partial charge is 0.314 e. The maximum absolute atomic E-state index is 11.0. The normalized spacial score (nSPS) is 25.0. The first-order chi connectivity index (χ1) is 6.81. The van der Waals surface area contributed by atoms with E-state index in [1.807, 2.05) is 30.3 Å². The van der Waals surface area contributed by atoms with Crippen LogP contribution < -0.4 is 0 Å². The molecule has 1 saturated heterocycles. The molecule has 0 aromatic heterocycles. The summed E-state index contributed by atoms with van der Waals surface area (Å²) in [6.07, 6.45) is 0.737. The van der Waals surface area contributed by atoms with Crippen LogP contribution in [-0.2, 0) is 20.7 Å². The fraction of sp³-hybridized carbons (Fsp3) is 0.273. The molecule has 1 heterocycles. The van der Waals surface area contributed by atoms with E-state index in [4.69, 9.17) is 0 Å². The number of aldehydes is 1. The third-order valence-electron chi connectivity index (χ3n) is 2.38. The maximum atomic E-state index is 11.0. The molecule has 1 aliphatic rings. The second kappa shape index (κ2) is 3.62. The summed E-state index contributed by atoms with van der Waals surface area (Å²) in [4.78, 5) is 21.5. The van der Waals surface area contributed by atoms with E-state index in [-0.39, 0.29) is 11.9 Å². The second-order valence-electron chi connectivity index (χ2n) is 3.33. The van der Waals surface area contributed by atoms with Crippen LogP contribution in [0.1, 0.15) is 5.56 Å². The molecule has 1 aromatic rings. The van der Waals surface area contributed by atoms with Crippen LogP contribution in [0.4, 0.5) is 0 Å². The van der Waals surface area contributed by atoms with E-state index >= 15 is 0 Å². The quantitative estimate of drug-likeness (QED) is 0.527. The zero-order valence-corrected chi connectivity index (χ0v) is 7.55. The third kappa shape index (κ3) is 1.53. The van der Waals surface area contributed by atoms with E-state index in [1.165, 1.54) is 0 Å². The Hall–Kier alpha value is -1.64. The number of carbonyl (C=O) groups excluding carboxylic acids is 2. The summed E-state index contributed by atoms with van der Waals surface area (Å²) in [6.45, 7) is 0. The molecule has 0 spiro atoms. The van der Waals surface area contributed by atoms with Crippen molar-refractivity contribution >= 4 is 12.3 Å². The summed E-state index contributed by atoms with van der Waals surface area (Å²) in [6, 6.07) is 9.62. The van der Waals surface area contributed by atoms with Crippen LogP contribution in [0, 0.1) is 5.92 Å². The van der Waals surface area contributed by atoms with Gasteiger partial charge in [0.15, 0.2) is 12.4 Å². The molecule has 0 amide bonds. The fourth-order valence-electron chi connectivity index (χ4n) is 1.56. The zero-order chi connectivity index (χ0) is 9.97. The van der Waals surface area contributed by atoms with Crippen molar-refractivity contribution in [3.05, 3.63) is 35.9 Å². The first kappa shape index (κ1) is 8.94. The predicted octanol–water partition coefficient (Wildman–Crippen LogP) is 0.970. The Morgan fingerprint density at radius 2 is 2.00 bits per heavy atom. The highest BCUT2D eigenvalue weighted by Gasteiger charge is 2.41. The van der Waals surface area contributed by atoms with Gasteiger partial charge >= 0.3 is 5.97 Å². The van der Waals surface area contributed by atoms with E-state index in [0.29, 0.717) is 12.7 Å². The number of ether oxygens (including phenoxy) is 1. The molecule has 3 heteroatoms. The summed E-state index contributed by atoms with van der Waals surface area (Å²) >= 11 is 0. The Labute approximate surface area is 81.7 Å². The Morgan fingerprint density at radius 3 is 2.57 bits per heavy atom. The average Bonchev–Trinajstić information content (AvgIpc) is 2.24. The molecule has 72 valence electrons. The average molecular weight is 190 g/mol. The van der Waals surface area contributed by atoms with E-state index < -0.39 is 6.10 Å². The van der Waals surface area contributed by atoms with Crippen LogP contribution in [0.2, 0.25) is 0 Å². The van der Waals surface area contributed by atoms with Crippen molar-refractivity contribution in [2.24, 2.45) is 5.92 Å². The van der Waals surface area contributed by atoms with Gasteiger partial charge in [-0.3, -0.25) is 9.59 Å². The number of cyclic esters (lactones) is 1. The summed E-state index contributed by atoms with van der Waals surface area (Å²) in [5.41, 5.74) is 1.06. The van der Waals surface area contributed by atoms with E-state index in [1.54, 1.807) is 0 Å². The summed E-state index contributed by atoms with van der Waals surface area (Å²) < 4.78 is 4.67. The van der Waals surface area contributed by atoms with Gasteiger partial charge < -0.3 is 4.74 Å². The number of hydrogen-bond donors (Lipinski definition) is 0. The minimum absolute atomic E-state index is 0.272. The van der Waals surface area contributed by atoms with Crippen LogP contribution >= 0.6 is 0 Å². The zero-order valence-electron chi connectivity index (χ0n) is 7.55. The first-order valence-corrected chi connectivity index (χ1v) is 4.51. The molecule has 0 bridgehead atoms. The molecule has 1 fully saturated rings. The van der Waals surface area contributed by atoms with Gasteiger partial charge in [0.1, 0.15) is 5.92 Å². The molecule has 2 rings (SSSR count). The van der Waals surface area contributed by atoms with Crippen LogP contribution in [0.5, 0.6) is 0 Å². The van der Waals surface area contributed by atoms with Crippen LogP contribution in [0.15, 0.2) is 30.3 Å². The number of benzene rings is 1. The number of esters is 1. The molecule has 0 unspecified atom stereocenters. The third-order valence-corrected chi connectivity index (χ3v) is 2.38. The number of rotatable bonds is 3. The lowest BCUT2D eigenvalue weighted by atomic mass is 9.90. The maximum Gasteiger partial charge on any atom is 0.314 e. The van der Waals surface area contributed by atoms with Crippen molar-refractivity contribution in [1.29, 1.82) is 0 Å². The van der Waals surface area contributed by atoms with Gasteiger partial charge in [-0.15, -0.1) is 0 Å². The number of carbonyl (C=O) groups is 2. The Bertz CT molecular complexity index is 345. The van der Waals surface area contributed by atoms with Crippen molar-refractivity contribution in [1.82, 2.24) is 0 Å². The van der Waals surface area contributed by atoms with Crippen molar-refractivity contribution < 1.29 is 14.3 Å². The van der Waals surface area contributed by atoms with Gasteiger partial charge in [-0.25, -0.2) is 0 Å². The lowest BCUT2D eigenvalue weighted by Gasteiger charge is -2.31. The highest BCUT2D eigenvalue weighted by Crippen LogP contribution is 2.24. The Balaban J connectivity index is 2.04. The van der Waals surface area contributed by atoms with Crippen molar-refractivity contribution in [3.63, 3.8) is 0 Å². The Morgan fingerprint density at radius 1 is 1.29 bits per heavy atom. The van der Waals surface area contributed by atoms with E-state index in [2.05, 4.69) is 4.74 Å². The van der Waals surface area contributed by atoms with Gasteiger partial charge in [0.2, 0.25) is 0 Å². The second-order valence-corrected chi connectivity index (χ2v) is 3.33. The van der Waals surface area contributed by atoms with Crippen molar-refractivity contribution in [3.8, 4) is 0 Å². The molecule has 0 aliphatic carbocycles. The molecule has 0 N–H and O–H groups in total. The summed E-state index contributed by atoms with van der Waals surface area (Å²) in [5.74, 6) is -0.555. The molecular formula is C11H10O3. The minimum Gasteiger partial charge on any atom is -0.453 e. The summed E-state index contributed by atoms with van der Waals surface area (Å²) in [5, 5.41) is 0.